The first-order valence-electron chi connectivity index (χ1n) is 10.7. The summed E-state index contributed by atoms with van der Waals surface area (Å²) < 4.78 is 56.8. The van der Waals surface area contributed by atoms with Crippen LogP contribution < -0.4 is 14.9 Å². The Labute approximate surface area is 198 Å². The molecule has 1 saturated carbocycles. The fourth-order valence-corrected chi connectivity index (χ4v) is 6.31. The Hall–Kier alpha value is -2.73. The minimum atomic E-state index is -4.05. The summed E-state index contributed by atoms with van der Waals surface area (Å²) in [6.45, 7) is 5.32. The van der Waals surface area contributed by atoms with E-state index in [9.17, 15) is 22.5 Å². The van der Waals surface area contributed by atoms with Crippen LogP contribution in [0.15, 0.2) is 23.4 Å². The maximum absolute atomic E-state index is 13.3. The number of nitrogens with one attached hydrogen (secondary N) is 2. The average Bonchev–Trinajstić information content (AvgIpc) is 3.18. The summed E-state index contributed by atoms with van der Waals surface area (Å²) in [7, 11) is -4.05. The van der Waals surface area contributed by atoms with E-state index in [1.807, 2.05) is 19.9 Å². The molecule has 0 bridgehead atoms. The van der Waals surface area contributed by atoms with Crippen LogP contribution in [0.5, 0.6) is 0 Å². The molecule has 5 rings (SSSR count). The zero-order valence-electron chi connectivity index (χ0n) is 18.4. The Morgan fingerprint density at radius 3 is 2.59 bits per heavy atom. The summed E-state index contributed by atoms with van der Waals surface area (Å²) in [5.41, 5.74) is 0.338. The van der Waals surface area contributed by atoms with Crippen LogP contribution in [0.4, 0.5) is 14.5 Å². The third kappa shape index (κ3) is 4.13. The van der Waals surface area contributed by atoms with Gasteiger partial charge in [0.05, 0.1) is 18.0 Å². The molecule has 0 aromatic carbocycles. The van der Waals surface area contributed by atoms with Gasteiger partial charge in [0, 0.05) is 31.4 Å². The fourth-order valence-electron chi connectivity index (χ4n) is 4.21. The van der Waals surface area contributed by atoms with Crippen LogP contribution in [0.2, 0.25) is 0 Å². The molecule has 4 heterocycles. The van der Waals surface area contributed by atoms with Gasteiger partial charge in [0.25, 0.3) is 6.43 Å². The van der Waals surface area contributed by atoms with Crippen molar-refractivity contribution in [1.29, 1.82) is 5.26 Å². The molecule has 1 saturated heterocycles. The van der Waals surface area contributed by atoms with Gasteiger partial charge < -0.3 is 10.2 Å². The van der Waals surface area contributed by atoms with Crippen molar-refractivity contribution in [2.75, 3.05) is 18.0 Å². The van der Waals surface area contributed by atoms with Gasteiger partial charge in [0.1, 0.15) is 16.1 Å². The lowest BCUT2D eigenvalue weighted by Crippen LogP contribution is -2.54. The van der Waals surface area contributed by atoms with E-state index >= 15 is 0 Å². The summed E-state index contributed by atoms with van der Waals surface area (Å²) in [5.74, 6) is 0. The Bertz CT molecular complexity index is 1380. The van der Waals surface area contributed by atoms with Crippen molar-refractivity contribution in [3.8, 4) is 16.8 Å². The van der Waals surface area contributed by atoms with E-state index in [0.29, 0.717) is 43.0 Å². The number of anilines is 1. The highest BCUT2D eigenvalue weighted by Gasteiger charge is 2.47. The Kier molecular flexibility index (Phi) is 5.55. The monoisotopic (exact) mass is 508 g/mol. The molecule has 0 amide bonds. The molecule has 0 unspecified atom stereocenters. The molecule has 3 aromatic heterocycles. The van der Waals surface area contributed by atoms with Crippen LogP contribution in [-0.4, -0.2) is 58.7 Å². The fraction of sp³-hybridized carbons (Fsp3) is 0.500. The van der Waals surface area contributed by atoms with E-state index in [4.69, 9.17) is 0 Å². The molecule has 14 heteroatoms. The van der Waals surface area contributed by atoms with E-state index in [1.165, 1.54) is 12.4 Å². The van der Waals surface area contributed by atoms with Gasteiger partial charge in [-0.3, -0.25) is 4.40 Å². The molecular formula is C20H22F2N8O2S2. The predicted octanol–water partition coefficient (Wildman–Crippen LogP) is 2.31. The number of hydrogen-bond donors (Lipinski definition) is 2. The van der Waals surface area contributed by atoms with Crippen molar-refractivity contribution in [2.24, 2.45) is 0 Å². The number of aromatic nitrogens is 4. The second-order valence-electron chi connectivity index (χ2n) is 8.82. The van der Waals surface area contributed by atoms with Gasteiger partial charge in [-0.1, -0.05) is 11.3 Å². The Morgan fingerprint density at radius 1 is 1.29 bits per heavy atom. The maximum Gasteiger partial charge on any atom is 0.291 e. The van der Waals surface area contributed by atoms with Crippen LogP contribution in [-0.2, 0) is 10.0 Å². The van der Waals surface area contributed by atoms with Gasteiger partial charge in [-0.05, 0) is 32.8 Å². The highest BCUT2D eigenvalue weighted by molar-refractivity contribution is 7.89. The largest absolute Gasteiger partial charge is 0.365 e. The third-order valence-corrected chi connectivity index (χ3v) is 8.37. The summed E-state index contributed by atoms with van der Waals surface area (Å²) in [4.78, 5) is 6.49. The van der Waals surface area contributed by atoms with E-state index in [1.54, 1.807) is 10.5 Å². The van der Waals surface area contributed by atoms with E-state index < -0.39 is 27.0 Å². The standard InChI is InChI=1S/C20H22F2N8O2S2/c1-11-7-29(8-12(2)25-11)14-5-13(34(31,32)28-20(10-23)3-4-20)9-30-15(6-24-17(14)30)18-26-27-19(33-18)16(21)22/h5-6,9,11-12,16,25,28H,3-4,7-8H2,1-2H3/t11-,12-/m0/s1. The first-order chi connectivity index (χ1) is 16.1. The molecule has 180 valence electrons. The summed E-state index contributed by atoms with van der Waals surface area (Å²) in [5, 5.41) is 20.0. The van der Waals surface area contributed by atoms with Crippen molar-refractivity contribution in [1.82, 2.24) is 29.6 Å². The van der Waals surface area contributed by atoms with Crippen molar-refractivity contribution in [3.63, 3.8) is 0 Å². The van der Waals surface area contributed by atoms with E-state index in [2.05, 4.69) is 30.1 Å². The summed E-state index contributed by atoms with van der Waals surface area (Å²) >= 11 is 0.728. The smallest absolute Gasteiger partial charge is 0.291 e. The van der Waals surface area contributed by atoms with E-state index in [0.717, 1.165) is 11.3 Å². The van der Waals surface area contributed by atoms with Gasteiger partial charge in [0.2, 0.25) is 10.0 Å². The van der Waals surface area contributed by atoms with Crippen molar-refractivity contribution in [3.05, 3.63) is 23.5 Å². The normalized spacial score (nSPS) is 22.3. The summed E-state index contributed by atoms with van der Waals surface area (Å²) in [6, 6.07) is 3.90. The van der Waals surface area contributed by atoms with Crippen LogP contribution in [0.3, 0.4) is 0 Å². The molecule has 2 aliphatic rings. The van der Waals surface area contributed by atoms with Crippen molar-refractivity contribution >= 4 is 32.7 Å². The van der Waals surface area contributed by atoms with Crippen molar-refractivity contribution in [2.45, 2.75) is 55.6 Å². The topological polar surface area (TPSA) is 128 Å². The highest BCUT2D eigenvalue weighted by Crippen LogP contribution is 2.37. The zero-order valence-corrected chi connectivity index (χ0v) is 20.0. The maximum atomic E-state index is 13.3. The van der Waals surface area contributed by atoms with E-state index in [-0.39, 0.29) is 22.0 Å². The number of hydrogen-bond acceptors (Lipinski definition) is 9. The molecule has 0 spiro atoms. The number of nitrogens with zero attached hydrogens (tertiary/aromatic N) is 6. The first kappa shape index (κ1) is 23.0. The molecule has 34 heavy (non-hydrogen) atoms. The van der Waals surface area contributed by atoms with Gasteiger partial charge in [-0.2, -0.15) is 9.98 Å². The van der Waals surface area contributed by atoms with Crippen molar-refractivity contribution < 1.29 is 17.2 Å². The lowest BCUT2D eigenvalue weighted by molar-refractivity contribution is 0.150. The average molecular weight is 509 g/mol. The number of alkyl halides is 2. The van der Waals surface area contributed by atoms with Crippen LogP contribution in [0, 0.1) is 11.3 Å². The number of imidazole rings is 1. The van der Waals surface area contributed by atoms with Crippen LogP contribution in [0.25, 0.3) is 16.3 Å². The number of rotatable bonds is 6. The zero-order chi connectivity index (χ0) is 24.3. The SMILES string of the molecule is C[C@H]1CN(c2cc(S(=O)(=O)NC3(C#N)CC3)cn3c(-c4nnc(C(F)F)s4)cnc23)C[C@H](C)N1. The predicted molar refractivity (Wildman–Crippen MR) is 121 cm³/mol. The minimum absolute atomic E-state index is 0.0480. The molecule has 1 aliphatic heterocycles. The molecule has 10 nitrogen and oxygen atoms in total. The minimum Gasteiger partial charge on any atom is -0.365 e. The number of piperazine rings is 1. The summed E-state index contributed by atoms with van der Waals surface area (Å²) in [6.07, 6.45) is 0.996. The molecule has 1 aliphatic carbocycles. The molecule has 2 atom stereocenters. The quantitative estimate of drug-likeness (QED) is 0.519. The molecule has 2 N–H and O–H groups in total. The lowest BCUT2D eigenvalue weighted by Gasteiger charge is -2.37. The molecular weight excluding hydrogens is 486 g/mol. The first-order valence-corrected chi connectivity index (χ1v) is 13.0. The number of pyridine rings is 1. The second kappa shape index (κ2) is 8.19. The van der Waals surface area contributed by atoms with Crippen LogP contribution in [0.1, 0.15) is 38.1 Å². The molecule has 3 aromatic rings. The second-order valence-corrected chi connectivity index (χ2v) is 11.5. The molecule has 0 radical (unpaired) electrons. The number of sulfonamides is 1. The number of halogens is 2. The Balaban J connectivity index is 1.67. The number of nitriles is 1. The van der Waals surface area contributed by atoms with Gasteiger partial charge in [-0.25, -0.2) is 22.2 Å². The third-order valence-electron chi connectivity index (χ3n) is 5.91. The highest BCUT2D eigenvalue weighted by atomic mass is 32.2. The van der Waals surface area contributed by atoms with Gasteiger partial charge in [0.15, 0.2) is 15.7 Å². The molecule has 2 fully saturated rings. The number of fused-ring (bicyclic) bond motifs is 1. The van der Waals surface area contributed by atoms with Gasteiger partial charge in [-0.15, -0.1) is 10.2 Å². The lowest BCUT2D eigenvalue weighted by atomic mass is 10.1. The van der Waals surface area contributed by atoms with Gasteiger partial charge >= 0.3 is 0 Å². The van der Waals surface area contributed by atoms with Crippen LogP contribution >= 0.6 is 11.3 Å². The Morgan fingerprint density at radius 2 is 2.00 bits per heavy atom.